The lowest BCUT2D eigenvalue weighted by atomic mass is 10.2. The quantitative estimate of drug-likeness (QED) is 0.517. The van der Waals surface area contributed by atoms with Crippen LogP contribution >= 0.6 is 0 Å². The molecule has 0 aliphatic rings. The molecule has 15 heavy (non-hydrogen) atoms. The van der Waals surface area contributed by atoms with Crippen LogP contribution in [0.2, 0.25) is 0 Å². The molecular weight excluding hydrogens is 196 g/mol. The molecule has 0 heterocycles. The second-order valence-corrected chi connectivity index (χ2v) is 3.23. The molecule has 0 spiro atoms. The molecule has 0 aliphatic carbocycles. The standard InChI is InChI=1S/C11H18O4/c1-5-9(7-10(12)14-6-2)11(13)15-8(3)4/h7-8H,5-6H2,1-4H3/b9-7-. The zero-order valence-electron chi connectivity index (χ0n) is 9.70. The Balaban J connectivity index is 4.46. The summed E-state index contributed by atoms with van der Waals surface area (Å²) in [4.78, 5) is 22.5. The highest BCUT2D eigenvalue weighted by Gasteiger charge is 2.12. The van der Waals surface area contributed by atoms with Crippen molar-refractivity contribution in [1.82, 2.24) is 0 Å². The highest BCUT2D eigenvalue weighted by atomic mass is 16.5. The van der Waals surface area contributed by atoms with Crippen LogP contribution in [-0.4, -0.2) is 24.6 Å². The van der Waals surface area contributed by atoms with Crippen molar-refractivity contribution in [3.63, 3.8) is 0 Å². The maximum atomic E-state index is 11.4. The predicted molar refractivity (Wildman–Crippen MR) is 56.2 cm³/mol. The summed E-state index contributed by atoms with van der Waals surface area (Å²) in [5, 5.41) is 0. The SMILES string of the molecule is CCOC(=O)/C=C(/CC)C(=O)OC(C)C. The summed E-state index contributed by atoms with van der Waals surface area (Å²) in [5.41, 5.74) is 0.335. The highest BCUT2D eigenvalue weighted by Crippen LogP contribution is 2.06. The van der Waals surface area contributed by atoms with E-state index in [2.05, 4.69) is 0 Å². The highest BCUT2D eigenvalue weighted by molar-refractivity contribution is 5.96. The summed E-state index contributed by atoms with van der Waals surface area (Å²) in [6.45, 7) is 7.31. The number of esters is 2. The third-order valence-electron chi connectivity index (χ3n) is 1.56. The first kappa shape index (κ1) is 13.7. The topological polar surface area (TPSA) is 52.6 Å². The zero-order valence-corrected chi connectivity index (χ0v) is 9.70. The fourth-order valence-corrected chi connectivity index (χ4v) is 0.921. The Bertz CT molecular complexity index is 253. The van der Waals surface area contributed by atoms with Gasteiger partial charge in [0.2, 0.25) is 0 Å². The summed E-state index contributed by atoms with van der Waals surface area (Å²) in [5.74, 6) is -0.962. The van der Waals surface area contributed by atoms with Gasteiger partial charge in [0.05, 0.1) is 12.7 Å². The fraction of sp³-hybridized carbons (Fsp3) is 0.636. The molecule has 0 unspecified atom stereocenters. The van der Waals surface area contributed by atoms with Crippen molar-refractivity contribution in [3.8, 4) is 0 Å². The number of carbonyl (C=O) groups excluding carboxylic acids is 2. The molecule has 0 rings (SSSR count). The van der Waals surface area contributed by atoms with Gasteiger partial charge in [-0.05, 0) is 27.2 Å². The number of hydrogen-bond acceptors (Lipinski definition) is 4. The first-order valence-corrected chi connectivity index (χ1v) is 5.09. The molecule has 4 nitrogen and oxygen atoms in total. The smallest absolute Gasteiger partial charge is 0.334 e. The second-order valence-electron chi connectivity index (χ2n) is 3.23. The van der Waals surface area contributed by atoms with E-state index in [1.165, 1.54) is 6.08 Å². The van der Waals surface area contributed by atoms with Crippen molar-refractivity contribution in [1.29, 1.82) is 0 Å². The average molecular weight is 214 g/mol. The van der Waals surface area contributed by atoms with Gasteiger partial charge < -0.3 is 9.47 Å². The first-order valence-electron chi connectivity index (χ1n) is 5.09. The van der Waals surface area contributed by atoms with Crippen molar-refractivity contribution >= 4 is 11.9 Å². The Kier molecular flexibility index (Phi) is 6.42. The van der Waals surface area contributed by atoms with Crippen LogP contribution in [0.15, 0.2) is 11.6 Å². The molecule has 0 aliphatic heterocycles. The summed E-state index contributed by atoms with van der Waals surface area (Å²) in [6.07, 6.45) is 1.45. The lowest BCUT2D eigenvalue weighted by Gasteiger charge is -2.09. The molecule has 0 saturated heterocycles. The van der Waals surface area contributed by atoms with E-state index in [4.69, 9.17) is 9.47 Å². The Morgan fingerprint density at radius 1 is 1.27 bits per heavy atom. The van der Waals surface area contributed by atoms with Crippen LogP contribution < -0.4 is 0 Å². The van der Waals surface area contributed by atoms with Crippen LogP contribution in [0.3, 0.4) is 0 Å². The van der Waals surface area contributed by atoms with E-state index in [1.807, 2.05) is 0 Å². The lowest BCUT2D eigenvalue weighted by molar-refractivity contribution is -0.144. The number of ether oxygens (including phenoxy) is 2. The third-order valence-corrected chi connectivity index (χ3v) is 1.56. The van der Waals surface area contributed by atoms with E-state index in [1.54, 1.807) is 27.7 Å². The van der Waals surface area contributed by atoms with E-state index in [0.29, 0.717) is 18.6 Å². The predicted octanol–water partition coefficient (Wildman–Crippen LogP) is 1.84. The van der Waals surface area contributed by atoms with Crippen molar-refractivity contribution in [2.24, 2.45) is 0 Å². The van der Waals surface area contributed by atoms with Gasteiger partial charge in [-0.3, -0.25) is 0 Å². The fourth-order valence-electron chi connectivity index (χ4n) is 0.921. The number of hydrogen-bond donors (Lipinski definition) is 0. The summed E-state index contributed by atoms with van der Waals surface area (Å²) in [6, 6.07) is 0. The van der Waals surface area contributed by atoms with Crippen LogP contribution in [0.5, 0.6) is 0 Å². The van der Waals surface area contributed by atoms with E-state index < -0.39 is 11.9 Å². The second kappa shape index (κ2) is 7.04. The molecule has 0 saturated carbocycles. The van der Waals surface area contributed by atoms with Gasteiger partial charge in [0, 0.05) is 11.6 Å². The lowest BCUT2D eigenvalue weighted by Crippen LogP contribution is -2.15. The Morgan fingerprint density at radius 2 is 1.87 bits per heavy atom. The molecule has 4 heteroatoms. The molecule has 0 aromatic rings. The van der Waals surface area contributed by atoms with Gasteiger partial charge in [0.15, 0.2) is 0 Å². The van der Waals surface area contributed by atoms with Crippen LogP contribution in [0.4, 0.5) is 0 Å². The van der Waals surface area contributed by atoms with Crippen LogP contribution in [-0.2, 0) is 19.1 Å². The molecule has 0 fully saturated rings. The normalized spacial score (nSPS) is 11.4. The monoisotopic (exact) mass is 214 g/mol. The van der Waals surface area contributed by atoms with E-state index in [-0.39, 0.29) is 6.10 Å². The molecule has 0 radical (unpaired) electrons. The zero-order chi connectivity index (χ0) is 11.8. The minimum atomic E-state index is -0.505. The Labute approximate surface area is 90.2 Å². The molecular formula is C11H18O4. The van der Waals surface area contributed by atoms with Gasteiger partial charge >= 0.3 is 11.9 Å². The van der Waals surface area contributed by atoms with Crippen LogP contribution in [0, 0.1) is 0 Å². The van der Waals surface area contributed by atoms with E-state index >= 15 is 0 Å². The maximum absolute atomic E-state index is 11.4. The third kappa shape index (κ3) is 5.88. The van der Waals surface area contributed by atoms with Gasteiger partial charge in [-0.25, -0.2) is 9.59 Å². The van der Waals surface area contributed by atoms with E-state index in [0.717, 1.165) is 0 Å². The van der Waals surface area contributed by atoms with Gasteiger partial charge in [-0.1, -0.05) is 6.92 Å². The minimum Gasteiger partial charge on any atom is -0.463 e. The van der Waals surface area contributed by atoms with Gasteiger partial charge in [0.1, 0.15) is 0 Å². The maximum Gasteiger partial charge on any atom is 0.334 e. The first-order chi connectivity index (χ1) is 7.01. The molecule has 0 atom stereocenters. The molecule has 0 amide bonds. The summed E-state index contributed by atoms with van der Waals surface area (Å²) >= 11 is 0. The Morgan fingerprint density at radius 3 is 2.27 bits per heavy atom. The molecule has 0 bridgehead atoms. The largest absolute Gasteiger partial charge is 0.463 e. The van der Waals surface area contributed by atoms with Crippen LogP contribution in [0.25, 0.3) is 0 Å². The number of carbonyl (C=O) groups is 2. The summed E-state index contributed by atoms with van der Waals surface area (Å²) < 4.78 is 9.67. The van der Waals surface area contributed by atoms with Crippen molar-refractivity contribution in [2.75, 3.05) is 6.61 Å². The Hall–Kier alpha value is -1.32. The van der Waals surface area contributed by atoms with Crippen molar-refractivity contribution in [2.45, 2.75) is 40.2 Å². The minimum absolute atomic E-state index is 0.186. The van der Waals surface area contributed by atoms with E-state index in [9.17, 15) is 9.59 Å². The molecule has 0 aromatic carbocycles. The molecule has 86 valence electrons. The average Bonchev–Trinajstić information content (AvgIpc) is 2.13. The van der Waals surface area contributed by atoms with Gasteiger partial charge in [0.25, 0.3) is 0 Å². The van der Waals surface area contributed by atoms with Crippen molar-refractivity contribution < 1.29 is 19.1 Å². The van der Waals surface area contributed by atoms with Gasteiger partial charge in [-0.15, -0.1) is 0 Å². The summed E-state index contributed by atoms with van der Waals surface area (Å²) in [7, 11) is 0. The molecule has 0 aromatic heterocycles. The van der Waals surface area contributed by atoms with Crippen LogP contribution in [0.1, 0.15) is 34.1 Å². The van der Waals surface area contributed by atoms with Crippen molar-refractivity contribution in [3.05, 3.63) is 11.6 Å². The number of rotatable bonds is 5. The molecule has 0 N–H and O–H groups in total. The van der Waals surface area contributed by atoms with Gasteiger partial charge in [-0.2, -0.15) is 0 Å².